The Kier molecular flexibility index (Phi) is 7.58. The van der Waals surface area contributed by atoms with Crippen LogP contribution in [0.5, 0.6) is 34.5 Å². The van der Waals surface area contributed by atoms with E-state index in [2.05, 4.69) is 0 Å². The van der Waals surface area contributed by atoms with Crippen molar-refractivity contribution >= 4 is 11.0 Å². The van der Waals surface area contributed by atoms with Gasteiger partial charge in [0.15, 0.2) is 28.6 Å². The standard InChI is InChI=1S/C25H28O13/c1-33-11-6-13(35-3)12(34-2)5-9(11)10-8-37-23-15(17(10)27)19(29)25(36-4)20(30)16(23)24-22(32)21(31)18(28)14(7-26)38-24/h5-6,8,14,18,21-22,24,26,28-32H,7H2,1-4H3/t14?,18-,21+,22?,24+/m1/s1. The second-order valence-corrected chi connectivity index (χ2v) is 8.48. The summed E-state index contributed by atoms with van der Waals surface area (Å²) in [6.45, 7) is -0.734. The van der Waals surface area contributed by atoms with E-state index in [0.717, 1.165) is 13.4 Å². The summed E-state index contributed by atoms with van der Waals surface area (Å²) in [5.74, 6) is -1.22. The van der Waals surface area contributed by atoms with Gasteiger partial charge in [-0.25, -0.2) is 0 Å². The van der Waals surface area contributed by atoms with Crippen molar-refractivity contribution in [1.29, 1.82) is 0 Å². The molecule has 0 radical (unpaired) electrons. The van der Waals surface area contributed by atoms with Crippen LogP contribution >= 0.6 is 0 Å². The lowest BCUT2D eigenvalue weighted by atomic mass is 9.89. The van der Waals surface area contributed by atoms with Gasteiger partial charge in [0.05, 0.1) is 46.2 Å². The molecule has 1 aromatic heterocycles. The second-order valence-electron chi connectivity index (χ2n) is 8.48. The Morgan fingerprint density at radius 1 is 0.816 bits per heavy atom. The van der Waals surface area contributed by atoms with Crippen LogP contribution in [0, 0.1) is 0 Å². The molecule has 0 saturated carbocycles. The summed E-state index contributed by atoms with van der Waals surface area (Å²) >= 11 is 0. The Balaban J connectivity index is 2.03. The molecule has 2 unspecified atom stereocenters. The van der Waals surface area contributed by atoms with E-state index in [4.69, 9.17) is 28.1 Å². The monoisotopic (exact) mass is 536 g/mol. The first kappa shape index (κ1) is 27.3. The summed E-state index contributed by atoms with van der Waals surface area (Å²) in [4.78, 5) is 13.8. The topological polar surface area (TPSA) is 198 Å². The Bertz CT molecular complexity index is 1400. The van der Waals surface area contributed by atoms with Crippen molar-refractivity contribution in [3.63, 3.8) is 0 Å². The third-order valence-electron chi connectivity index (χ3n) is 6.54. The fraction of sp³-hybridized carbons (Fsp3) is 0.400. The van der Waals surface area contributed by atoms with Crippen molar-refractivity contribution < 1.29 is 58.7 Å². The van der Waals surface area contributed by atoms with Crippen molar-refractivity contribution in [1.82, 2.24) is 0 Å². The fourth-order valence-electron chi connectivity index (χ4n) is 4.56. The summed E-state index contributed by atoms with van der Waals surface area (Å²) in [6.07, 6.45) is -7.17. The molecule has 1 aliphatic heterocycles. The van der Waals surface area contributed by atoms with Gasteiger partial charge >= 0.3 is 0 Å². The molecule has 6 N–H and O–H groups in total. The molecule has 5 atom stereocenters. The van der Waals surface area contributed by atoms with Crippen LogP contribution in [0.25, 0.3) is 22.1 Å². The molecule has 0 spiro atoms. The number of phenolic OH excluding ortho intramolecular Hbond substituents is 2. The van der Waals surface area contributed by atoms with E-state index in [1.807, 2.05) is 0 Å². The highest BCUT2D eigenvalue weighted by Gasteiger charge is 2.46. The first-order valence-corrected chi connectivity index (χ1v) is 11.3. The maximum absolute atomic E-state index is 13.8. The number of hydrogen-bond acceptors (Lipinski definition) is 13. The Hall–Kier alpha value is -3.75. The van der Waals surface area contributed by atoms with Gasteiger partial charge in [0.25, 0.3) is 0 Å². The lowest BCUT2D eigenvalue weighted by molar-refractivity contribution is -0.231. The van der Waals surface area contributed by atoms with Crippen molar-refractivity contribution in [3.05, 3.63) is 34.2 Å². The number of methoxy groups -OCH3 is 4. The number of hydrogen-bond donors (Lipinski definition) is 6. The summed E-state index contributed by atoms with van der Waals surface area (Å²) < 4.78 is 32.4. The van der Waals surface area contributed by atoms with Gasteiger partial charge in [-0.2, -0.15) is 0 Å². The molecule has 2 aromatic carbocycles. The van der Waals surface area contributed by atoms with Gasteiger partial charge in [-0.15, -0.1) is 0 Å². The number of aromatic hydroxyl groups is 2. The van der Waals surface area contributed by atoms with Crippen LogP contribution in [0.2, 0.25) is 0 Å². The Morgan fingerprint density at radius 2 is 1.45 bits per heavy atom. The van der Waals surface area contributed by atoms with E-state index in [0.29, 0.717) is 5.75 Å². The molecule has 13 heteroatoms. The molecular formula is C25H28O13. The van der Waals surface area contributed by atoms with Gasteiger partial charge in [-0.05, 0) is 6.07 Å². The number of aliphatic hydroxyl groups excluding tert-OH is 4. The zero-order valence-corrected chi connectivity index (χ0v) is 20.9. The first-order chi connectivity index (χ1) is 18.1. The molecule has 2 heterocycles. The number of phenols is 2. The smallest absolute Gasteiger partial charge is 0.204 e. The third kappa shape index (κ3) is 4.14. The van der Waals surface area contributed by atoms with Gasteiger partial charge in [-0.1, -0.05) is 0 Å². The fourth-order valence-corrected chi connectivity index (χ4v) is 4.56. The maximum Gasteiger partial charge on any atom is 0.204 e. The number of fused-ring (bicyclic) bond motifs is 1. The molecule has 13 nitrogen and oxygen atoms in total. The highest BCUT2D eigenvalue weighted by molar-refractivity contribution is 5.95. The molecule has 0 bridgehead atoms. The maximum atomic E-state index is 13.8. The van der Waals surface area contributed by atoms with Gasteiger partial charge < -0.3 is 58.7 Å². The van der Waals surface area contributed by atoms with Crippen molar-refractivity contribution in [2.75, 3.05) is 35.0 Å². The molecular weight excluding hydrogens is 508 g/mol. The number of benzene rings is 2. The normalized spacial score (nSPS) is 23.3. The van der Waals surface area contributed by atoms with E-state index in [-0.39, 0.29) is 28.2 Å². The highest BCUT2D eigenvalue weighted by atomic mass is 16.5. The lowest BCUT2D eigenvalue weighted by Crippen LogP contribution is -2.55. The SMILES string of the molecule is COc1cc(OC)c(-c2coc3c([C@@H]4OC(CO)[C@@H](O)[C@H](O)C4O)c(O)c(OC)c(O)c3c2=O)cc1OC. The molecule has 38 heavy (non-hydrogen) atoms. The van der Waals surface area contributed by atoms with Gasteiger partial charge in [0.1, 0.15) is 47.9 Å². The van der Waals surface area contributed by atoms with Gasteiger partial charge in [0.2, 0.25) is 11.2 Å². The average molecular weight is 536 g/mol. The molecule has 1 saturated heterocycles. The summed E-state index contributed by atoms with van der Waals surface area (Å²) in [5, 5.41) is 62.1. The molecule has 4 rings (SSSR count). The van der Waals surface area contributed by atoms with Crippen LogP contribution in [0.4, 0.5) is 0 Å². The first-order valence-electron chi connectivity index (χ1n) is 11.3. The van der Waals surface area contributed by atoms with E-state index >= 15 is 0 Å². The zero-order valence-electron chi connectivity index (χ0n) is 20.9. The van der Waals surface area contributed by atoms with E-state index in [9.17, 15) is 35.4 Å². The molecule has 3 aromatic rings. The largest absolute Gasteiger partial charge is 0.504 e. The van der Waals surface area contributed by atoms with Crippen LogP contribution in [-0.2, 0) is 4.74 Å². The van der Waals surface area contributed by atoms with Crippen molar-refractivity contribution in [3.8, 4) is 45.6 Å². The second kappa shape index (κ2) is 10.6. The van der Waals surface area contributed by atoms with Crippen LogP contribution in [0.1, 0.15) is 11.7 Å². The molecule has 0 aliphatic carbocycles. The van der Waals surface area contributed by atoms with E-state index < -0.39 is 70.8 Å². The number of rotatable bonds is 7. The predicted molar refractivity (Wildman–Crippen MR) is 130 cm³/mol. The highest BCUT2D eigenvalue weighted by Crippen LogP contribution is 2.50. The van der Waals surface area contributed by atoms with Crippen LogP contribution in [0.3, 0.4) is 0 Å². The Morgan fingerprint density at radius 3 is 2.03 bits per heavy atom. The van der Waals surface area contributed by atoms with E-state index in [1.165, 1.54) is 33.5 Å². The quantitative estimate of drug-likeness (QED) is 0.243. The number of ether oxygens (including phenoxy) is 5. The zero-order chi connectivity index (χ0) is 27.9. The molecule has 0 amide bonds. The minimum absolute atomic E-state index is 0.0712. The van der Waals surface area contributed by atoms with Crippen molar-refractivity contribution in [2.24, 2.45) is 0 Å². The molecule has 1 fully saturated rings. The Labute approximate surface area is 215 Å². The number of aliphatic hydroxyl groups is 4. The van der Waals surface area contributed by atoms with Crippen molar-refractivity contribution in [2.45, 2.75) is 30.5 Å². The minimum Gasteiger partial charge on any atom is -0.504 e. The minimum atomic E-state index is -1.83. The van der Waals surface area contributed by atoms with E-state index in [1.54, 1.807) is 0 Å². The lowest BCUT2D eigenvalue weighted by Gasteiger charge is -2.40. The predicted octanol–water partition coefficient (Wildman–Crippen LogP) is 0.420. The summed E-state index contributed by atoms with van der Waals surface area (Å²) in [6, 6.07) is 2.97. The summed E-state index contributed by atoms with van der Waals surface area (Å²) in [5.41, 5.74) is -1.37. The average Bonchev–Trinajstić information content (AvgIpc) is 2.92. The van der Waals surface area contributed by atoms with Gasteiger partial charge in [-0.3, -0.25) is 4.79 Å². The molecule has 206 valence electrons. The van der Waals surface area contributed by atoms with Crippen LogP contribution in [-0.4, -0.2) is 90.1 Å². The third-order valence-corrected chi connectivity index (χ3v) is 6.54. The molecule has 1 aliphatic rings. The van der Waals surface area contributed by atoms with Crippen LogP contribution < -0.4 is 24.4 Å². The van der Waals surface area contributed by atoms with Crippen LogP contribution in [0.15, 0.2) is 27.6 Å². The van der Waals surface area contributed by atoms with Gasteiger partial charge in [0, 0.05) is 11.6 Å². The summed E-state index contributed by atoms with van der Waals surface area (Å²) in [7, 11) is 5.34.